The number of aromatic nitrogens is 1. The summed E-state index contributed by atoms with van der Waals surface area (Å²) >= 11 is 0. The summed E-state index contributed by atoms with van der Waals surface area (Å²) < 4.78 is 28.5. The first-order valence-corrected chi connectivity index (χ1v) is 7.27. The van der Waals surface area contributed by atoms with Crippen LogP contribution in [-0.4, -0.2) is 16.1 Å². The SMILES string of the molecule is O=C(O)Cc1ccnc(-c2ccccc2F)c1-c1ccccc1F. The van der Waals surface area contributed by atoms with Gasteiger partial charge in [0, 0.05) is 22.9 Å². The van der Waals surface area contributed by atoms with Gasteiger partial charge >= 0.3 is 5.97 Å². The number of aliphatic carboxylic acids is 1. The molecule has 120 valence electrons. The van der Waals surface area contributed by atoms with E-state index in [-0.39, 0.29) is 23.2 Å². The summed E-state index contributed by atoms with van der Waals surface area (Å²) in [5, 5.41) is 9.14. The maximum atomic E-state index is 14.3. The molecule has 0 amide bonds. The molecule has 5 heteroatoms. The molecule has 2 aromatic carbocycles. The zero-order valence-electron chi connectivity index (χ0n) is 12.5. The molecule has 0 saturated heterocycles. The third-order valence-electron chi connectivity index (χ3n) is 3.65. The second-order valence-electron chi connectivity index (χ2n) is 5.22. The van der Waals surface area contributed by atoms with Crippen LogP contribution < -0.4 is 0 Å². The Balaban J connectivity index is 2.33. The van der Waals surface area contributed by atoms with Crippen LogP contribution in [0.4, 0.5) is 8.78 Å². The minimum absolute atomic E-state index is 0.195. The van der Waals surface area contributed by atoms with Crippen molar-refractivity contribution >= 4 is 5.97 Å². The number of carboxylic acids is 1. The van der Waals surface area contributed by atoms with Gasteiger partial charge in [0.15, 0.2) is 0 Å². The lowest BCUT2D eigenvalue weighted by molar-refractivity contribution is -0.136. The van der Waals surface area contributed by atoms with Gasteiger partial charge in [0.05, 0.1) is 12.1 Å². The standard InChI is InChI=1S/C19H13F2NO2/c20-15-7-3-1-5-13(15)18-12(11-17(23)24)9-10-22-19(18)14-6-2-4-8-16(14)21/h1-10H,11H2,(H,23,24). The minimum Gasteiger partial charge on any atom is -0.481 e. The van der Waals surface area contributed by atoms with Crippen LogP contribution in [0.1, 0.15) is 5.56 Å². The van der Waals surface area contributed by atoms with Gasteiger partial charge in [-0.3, -0.25) is 9.78 Å². The highest BCUT2D eigenvalue weighted by molar-refractivity contribution is 5.86. The summed E-state index contributed by atoms with van der Waals surface area (Å²) in [6, 6.07) is 13.5. The Hall–Kier alpha value is -3.08. The van der Waals surface area contributed by atoms with Crippen molar-refractivity contribution in [2.45, 2.75) is 6.42 Å². The van der Waals surface area contributed by atoms with Crippen molar-refractivity contribution < 1.29 is 18.7 Å². The number of benzene rings is 2. The zero-order valence-corrected chi connectivity index (χ0v) is 12.5. The molecule has 1 N–H and O–H groups in total. The second-order valence-corrected chi connectivity index (χ2v) is 5.22. The molecule has 1 heterocycles. The number of carbonyl (C=O) groups is 1. The molecule has 0 aliphatic heterocycles. The van der Waals surface area contributed by atoms with E-state index >= 15 is 0 Å². The molecule has 0 bridgehead atoms. The molecule has 0 fully saturated rings. The van der Waals surface area contributed by atoms with E-state index in [9.17, 15) is 13.6 Å². The van der Waals surface area contributed by atoms with Gasteiger partial charge in [0.25, 0.3) is 0 Å². The molecule has 3 aromatic rings. The van der Waals surface area contributed by atoms with Gasteiger partial charge in [-0.15, -0.1) is 0 Å². The minimum atomic E-state index is -1.06. The fourth-order valence-corrected chi connectivity index (χ4v) is 2.63. The van der Waals surface area contributed by atoms with Crippen molar-refractivity contribution in [3.63, 3.8) is 0 Å². The molecule has 24 heavy (non-hydrogen) atoms. The molecule has 3 rings (SSSR count). The highest BCUT2D eigenvalue weighted by atomic mass is 19.1. The topological polar surface area (TPSA) is 50.2 Å². The molecule has 0 aliphatic carbocycles. The van der Waals surface area contributed by atoms with E-state index in [1.165, 1.54) is 42.6 Å². The van der Waals surface area contributed by atoms with Gasteiger partial charge in [-0.25, -0.2) is 8.78 Å². The molecule has 1 aromatic heterocycles. The van der Waals surface area contributed by atoms with Crippen LogP contribution in [0.25, 0.3) is 22.4 Å². The summed E-state index contributed by atoms with van der Waals surface area (Å²) in [6.07, 6.45) is 1.10. The third kappa shape index (κ3) is 3.01. The summed E-state index contributed by atoms with van der Waals surface area (Å²) in [7, 11) is 0. The Morgan fingerprint density at radius 2 is 1.50 bits per heavy atom. The van der Waals surface area contributed by atoms with Crippen molar-refractivity contribution in [2.24, 2.45) is 0 Å². The van der Waals surface area contributed by atoms with Gasteiger partial charge in [-0.1, -0.05) is 30.3 Å². The predicted octanol–water partition coefficient (Wildman–Crippen LogP) is 4.32. The lowest BCUT2D eigenvalue weighted by Gasteiger charge is -2.14. The molecule has 0 aliphatic rings. The molecule has 0 unspecified atom stereocenters. The molecule has 3 nitrogen and oxygen atoms in total. The Kier molecular flexibility index (Phi) is 4.33. The lowest BCUT2D eigenvalue weighted by Crippen LogP contribution is -2.05. The largest absolute Gasteiger partial charge is 0.481 e. The third-order valence-corrected chi connectivity index (χ3v) is 3.65. The van der Waals surface area contributed by atoms with E-state index in [0.29, 0.717) is 11.1 Å². The normalized spacial score (nSPS) is 10.6. The van der Waals surface area contributed by atoms with E-state index in [0.717, 1.165) is 0 Å². The van der Waals surface area contributed by atoms with Crippen molar-refractivity contribution in [3.8, 4) is 22.4 Å². The Labute approximate surface area is 137 Å². The first-order valence-electron chi connectivity index (χ1n) is 7.27. The van der Waals surface area contributed by atoms with Crippen LogP contribution >= 0.6 is 0 Å². The Morgan fingerprint density at radius 1 is 0.917 bits per heavy atom. The summed E-state index contributed by atoms with van der Waals surface area (Å²) in [5.41, 5.74) is 1.28. The van der Waals surface area contributed by atoms with Crippen molar-refractivity contribution in [1.29, 1.82) is 0 Å². The number of nitrogens with zero attached hydrogens (tertiary/aromatic N) is 1. The van der Waals surface area contributed by atoms with E-state index in [1.807, 2.05) is 0 Å². The molecular weight excluding hydrogens is 312 g/mol. The summed E-state index contributed by atoms with van der Waals surface area (Å²) in [5.74, 6) is -2.08. The lowest BCUT2D eigenvalue weighted by atomic mass is 9.93. The average molecular weight is 325 g/mol. The highest BCUT2D eigenvalue weighted by Gasteiger charge is 2.19. The summed E-state index contributed by atoms with van der Waals surface area (Å²) in [4.78, 5) is 15.4. The predicted molar refractivity (Wildman–Crippen MR) is 86.4 cm³/mol. The number of pyridine rings is 1. The van der Waals surface area contributed by atoms with E-state index in [2.05, 4.69) is 4.98 Å². The quantitative estimate of drug-likeness (QED) is 0.777. The van der Waals surface area contributed by atoms with Crippen molar-refractivity contribution in [3.05, 3.63) is 78.0 Å². The molecule has 0 atom stereocenters. The van der Waals surface area contributed by atoms with E-state index < -0.39 is 17.6 Å². The Morgan fingerprint density at radius 3 is 2.08 bits per heavy atom. The fourth-order valence-electron chi connectivity index (χ4n) is 2.63. The first kappa shape index (κ1) is 15.8. The van der Waals surface area contributed by atoms with Crippen LogP contribution in [-0.2, 0) is 11.2 Å². The van der Waals surface area contributed by atoms with Crippen LogP contribution in [0.3, 0.4) is 0 Å². The maximum absolute atomic E-state index is 14.3. The van der Waals surface area contributed by atoms with Crippen molar-refractivity contribution in [2.75, 3.05) is 0 Å². The van der Waals surface area contributed by atoms with Crippen molar-refractivity contribution in [1.82, 2.24) is 4.98 Å². The van der Waals surface area contributed by atoms with Crippen LogP contribution in [0, 0.1) is 11.6 Å². The van der Waals surface area contributed by atoms with Gasteiger partial charge in [0.1, 0.15) is 11.6 Å². The average Bonchev–Trinajstić information content (AvgIpc) is 2.55. The van der Waals surface area contributed by atoms with E-state index in [4.69, 9.17) is 5.11 Å². The smallest absolute Gasteiger partial charge is 0.307 e. The van der Waals surface area contributed by atoms with Gasteiger partial charge in [0.2, 0.25) is 0 Å². The number of carboxylic acid groups (broad SMARTS) is 1. The molecule has 0 radical (unpaired) electrons. The van der Waals surface area contributed by atoms with Gasteiger partial charge in [-0.2, -0.15) is 0 Å². The van der Waals surface area contributed by atoms with Gasteiger partial charge in [-0.05, 0) is 29.8 Å². The second kappa shape index (κ2) is 6.58. The number of halogens is 2. The molecule has 0 spiro atoms. The van der Waals surface area contributed by atoms with Gasteiger partial charge < -0.3 is 5.11 Å². The summed E-state index contributed by atoms with van der Waals surface area (Å²) in [6.45, 7) is 0. The molecule has 0 saturated carbocycles. The maximum Gasteiger partial charge on any atom is 0.307 e. The van der Waals surface area contributed by atoms with Crippen LogP contribution in [0.15, 0.2) is 60.8 Å². The molecular formula is C19H13F2NO2. The monoisotopic (exact) mass is 325 g/mol. The van der Waals surface area contributed by atoms with Crippen LogP contribution in [0.2, 0.25) is 0 Å². The van der Waals surface area contributed by atoms with Crippen LogP contribution in [0.5, 0.6) is 0 Å². The zero-order chi connectivity index (χ0) is 17.1. The Bertz CT molecular complexity index is 909. The number of hydrogen-bond acceptors (Lipinski definition) is 2. The fraction of sp³-hybridized carbons (Fsp3) is 0.0526. The number of rotatable bonds is 4. The number of hydrogen-bond donors (Lipinski definition) is 1. The highest BCUT2D eigenvalue weighted by Crippen LogP contribution is 2.36. The first-order chi connectivity index (χ1) is 11.6. The van der Waals surface area contributed by atoms with E-state index in [1.54, 1.807) is 18.2 Å².